The van der Waals surface area contributed by atoms with Crippen molar-refractivity contribution in [3.8, 4) is 0 Å². The van der Waals surface area contributed by atoms with Crippen molar-refractivity contribution in [1.82, 2.24) is 20.4 Å². The number of carbonyl (C=O) groups excluding carboxylic acids is 1. The van der Waals surface area contributed by atoms with Crippen molar-refractivity contribution in [1.29, 1.82) is 0 Å². The first-order valence-corrected chi connectivity index (χ1v) is 9.07. The molecule has 3 rings (SSSR count). The summed E-state index contributed by atoms with van der Waals surface area (Å²) >= 11 is 0. The highest BCUT2D eigenvalue weighted by Gasteiger charge is 2.24. The van der Waals surface area contributed by atoms with E-state index in [9.17, 15) is 4.79 Å². The van der Waals surface area contributed by atoms with Gasteiger partial charge in [0.2, 0.25) is 0 Å². The van der Waals surface area contributed by atoms with Crippen LogP contribution >= 0.6 is 0 Å². The summed E-state index contributed by atoms with van der Waals surface area (Å²) in [5.74, 6) is -0.107. The van der Waals surface area contributed by atoms with Crippen molar-refractivity contribution < 1.29 is 4.79 Å². The molecular formula is C20H28N4O. The minimum absolute atomic E-state index is 0.107. The normalized spacial score (nSPS) is 18.1. The summed E-state index contributed by atoms with van der Waals surface area (Å²) in [6.45, 7) is 8.99. The Labute approximate surface area is 149 Å². The van der Waals surface area contributed by atoms with Gasteiger partial charge in [-0.05, 0) is 43.5 Å². The Kier molecular flexibility index (Phi) is 5.23. The Bertz CT molecular complexity index is 729. The molecule has 0 aliphatic carbocycles. The van der Waals surface area contributed by atoms with Crippen LogP contribution < -0.4 is 10.6 Å². The van der Waals surface area contributed by atoms with Crippen LogP contribution in [-0.4, -0.2) is 35.3 Å². The van der Waals surface area contributed by atoms with Gasteiger partial charge in [-0.1, -0.05) is 38.1 Å². The van der Waals surface area contributed by atoms with Crippen LogP contribution in [-0.2, 0) is 5.41 Å². The highest BCUT2D eigenvalue weighted by atomic mass is 16.1. The first-order valence-electron chi connectivity index (χ1n) is 9.07. The van der Waals surface area contributed by atoms with Gasteiger partial charge in [-0.2, -0.15) is 5.10 Å². The maximum Gasteiger partial charge on any atom is 0.271 e. The predicted molar refractivity (Wildman–Crippen MR) is 99.9 cm³/mol. The molecule has 1 aromatic carbocycles. The van der Waals surface area contributed by atoms with Gasteiger partial charge in [0.25, 0.3) is 5.91 Å². The number of rotatable bonds is 5. The highest BCUT2D eigenvalue weighted by Crippen LogP contribution is 2.25. The zero-order valence-electron chi connectivity index (χ0n) is 15.4. The van der Waals surface area contributed by atoms with Gasteiger partial charge < -0.3 is 10.6 Å². The second kappa shape index (κ2) is 7.40. The van der Waals surface area contributed by atoms with Crippen LogP contribution in [0.3, 0.4) is 0 Å². The van der Waals surface area contributed by atoms with Crippen molar-refractivity contribution in [2.24, 2.45) is 0 Å². The summed E-state index contributed by atoms with van der Waals surface area (Å²) in [5.41, 5.74) is 2.87. The molecule has 1 unspecified atom stereocenters. The molecule has 0 saturated carbocycles. The molecule has 5 heteroatoms. The van der Waals surface area contributed by atoms with Gasteiger partial charge in [-0.15, -0.1) is 0 Å². The maximum atomic E-state index is 12.5. The third-order valence-electron chi connectivity index (χ3n) is 5.05. The van der Waals surface area contributed by atoms with Crippen molar-refractivity contribution in [2.75, 3.05) is 19.6 Å². The Morgan fingerprint density at radius 2 is 2.16 bits per heavy atom. The Morgan fingerprint density at radius 3 is 2.88 bits per heavy atom. The van der Waals surface area contributed by atoms with Gasteiger partial charge in [0.15, 0.2) is 0 Å². The highest BCUT2D eigenvalue weighted by molar-refractivity contribution is 5.92. The minimum Gasteiger partial charge on any atom is -0.350 e. The fourth-order valence-electron chi connectivity index (χ4n) is 3.54. The summed E-state index contributed by atoms with van der Waals surface area (Å²) in [5, 5.41) is 10.9. The minimum atomic E-state index is -0.128. The summed E-state index contributed by atoms with van der Waals surface area (Å²) in [4.78, 5) is 12.5. The van der Waals surface area contributed by atoms with Crippen LogP contribution in [0.15, 0.2) is 36.5 Å². The molecular weight excluding hydrogens is 312 g/mol. The van der Waals surface area contributed by atoms with E-state index >= 15 is 0 Å². The fraction of sp³-hybridized carbons (Fsp3) is 0.500. The predicted octanol–water partition coefficient (Wildman–Crippen LogP) is 2.82. The van der Waals surface area contributed by atoms with Crippen LogP contribution in [0.5, 0.6) is 0 Å². The van der Waals surface area contributed by atoms with Crippen molar-refractivity contribution in [2.45, 2.75) is 45.1 Å². The number of nitrogens with zero attached hydrogens (tertiary/aromatic N) is 2. The number of aromatic nitrogens is 2. The fourth-order valence-corrected chi connectivity index (χ4v) is 3.54. The van der Waals surface area contributed by atoms with Crippen molar-refractivity contribution in [3.05, 3.63) is 53.3 Å². The van der Waals surface area contributed by atoms with Gasteiger partial charge in [-0.25, -0.2) is 0 Å². The van der Waals surface area contributed by atoms with E-state index in [0.717, 1.165) is 25.9 Å². The molecule has 1 fully saturated rings. The van der Waals surface area contributed by atoms with Gasteiger partial charge in [0, 0.05) is 24.7 Å². The number of benzene rings is 1. The quantitative estimate of drug-likeness (QED) is 0.880. The van der Waals surface area contributed by atoms with Crippen molar-refractivity contribution >= 4 is 5.91 Å². The van der Waals surface area contributed by atoms with E-state index in [1.54, 1.807) is 0 Å². The summed E-state index contributed by atoms with van der Waals surface area (Å²) in [6.07, 6.45) is 4.17. The molecule has 0 bridgehead atoms. The average molecular weight is 340 g/mol. The van der Waals surface area contributed by atoms with Gasteiger partial charge in [0.1, 0.15) is 5.69 Å². The molecule has 1 aliphatic heterocycles. The molecule has 0 spiro atoms. The molecule has 0 radical (unpaired) electrons. The molecule has 134 valence electrons. The lowest BCUT2D eigenvalue weighted by atomic mass is 9.82. The first kappa shape index (κ1) is 17.7. The van der Waals surface area contributed by atoms with E-state index in [1.807, 2.05) is 29.1 Å². The average Bonchev–Trinajstić information content (AvgIpc) is 3.11. The van der Waals surface area contributed by atoms with Crippen LogP contribution in [0.4, 0.5) is 0 Å². The Hall–Kier alpha value is -2.14. The van der Waals surface area contributed by atoms with E-state index in [1.165, 1.54) is 11.1 Å². The number of piperidine rings is 1. The monoisotopic (exact) mass is 340 g/mol. The van der Waals surface area contributed by atoms with Gasteiger partial charge in [0.05, 0.1) is 6.04 Å². The number of hydrogen-bond donors (Lipinski definition) is 2. The van der Waals surface area contributed by atoms with E-state index in [0.29, 0.717) is 18.3 Å². The molecule has 1 atom stereocenters. The third-order valence-corrected chi connectivity index (χ3v) is 5.05. The lowest BCUT2D eigenvalue weighted by molar-refractivity contribution is 0.0939. The number of nitrogens with one attached hydrogen (secondary N) is 2. The second-order valence-electron chi connectivity index (χ2n) is 7.56. The maximum absolute atomic E-state index is 12.5. The lowest BCUT2D eigenvalue weighted by Crippen LogP contribution is -2.37. The van der Waals surface area contributed by atoms with Crippen LogP contribution in [0, 0.1) is 6.92 Å². The Balaban J connectivity index is 1.62. The lowest BCUT2D eigenvalue weighted by Gasteiger charge is -2.27. The molecule has 2 heterocycles. The zero-order chi connectivity index (χ0) is 17.9. The van der Waals surface area contributed by atoms with Gasteiger partial charge >= 0.3 is 0 Å². The Morgan fingerprint density at radius 1 is 1.36 bits per heavy atom. The molecule has 1 aliphatic rings. The van der Waals surface area contributed by atoms with Crippen LogP contribution in [0.1, 0.15) is 54.3 Å². The standard InChI is InChI=1S/C20H28N4O/c1-15-7-4-5-9-17(15)20(2,3)14-22-19(25)18-10-12-24(23-18)16-8-6-11-21-13-16/h4-5,7,9-10,12,16,21H,6,8,11,13-14H2,1-3H3,(H,22,25). The van der Waals surface area contributed by atoms with E-state index < -0.39 is 0 Å². The number of hydrogen-bond acceptors (Lipinski definition) is 3. The van der Waals surface area contributed by atoms with E-state index in [-0.39, 0.29) is 11.3 Å². The zero-order valence-corrected chi connectivity index (χ0v) is 15.4. The molecule has 2 aromatic rings. The number of carbonyl (C=O) groups is 1. The molecule has 5 nitrogen and oxygen atoms in total. The van der Waals surface area contributed by atoms with Gasteiger partial charge in [-0.3, -0.25) is 9.48 Å². The largest absolute Gasteiger partial charge is 0.350 e. The van der Waals surface area contributed by atoms with E-state index in [4.69, 9.17) is 0 Å². The third kappa shape index (κ3) is 4.10. The van der Waals surface area contributed by atoms with Crippen LogP contribution in [0.2, 0.25) is 0 Å². The summed E-state index contributed by atoms with van der Waals surface area (Å²) in [6, 6.07) is 10.5. The second-order valence-corrected chi connectivity index (χ2v) is 7.56. The number of aryl methyl sites for hydroxylation is 1. The topological polar surface area (TPSA) is 59.0 Å². The van der Waals surface area contributed by atoms with E-state index in [2.05, 4.69) is 48.6 Å². The van der Waals surface area contributed by atoms with Crippen molar-refractivity contribution in [3.63, 3.8) is 0 Å². The molecule has 2 N–H and O–H groups in total. The smallest absolute Gasteiger partial charge is 0.271 e. The molecule has 1 aromatic heterocycles. The first-order chi connectivity index (χ1) is 12.0. The van der Waals surface area contributed by atoms with Crippen LogP contribution in [0.25, 0.3) is 0 Å². The summed E-state index contributed by atoms with van der Waals surface area (Å²) in [7, 11) is 0. The SMILES string of the molecule is Cc1ccccc1C(C)(C)CNC(=O)c1ccn(C2CCCNC2)n1. The summed E-state index contributed by atoms with van der Waals surface area (Å²) < 4.78 is 1.92. The number of amides is 1. The molecule has 1 amide bonds. The molecule has 25 heavy (non-hydrogen) atoms. The molecule has 1 saturated heterocycles.